The number of carbonyl (C=O) groups is 1. The van der Waals surface area contributed by atoms with E-state index in [1.165, 1.54) is 24.3 Å². The van der Waals surface area contributed by atoms with E-state index in [0.29, 0.717) is 12.3 Å². The molecule has 2 heterocycles. The Kier molecular flexibility index (Phi) is 6.00. The molecule has 174 valence electrons. The third-order valence-corrected chi connectivity index (χ3v) is 7.60. The summed E-state index contributed by atoms with van der Waals surface area (Å²) in [6.07, 6.45) is 1.64. The van der Waals surface area contributed by atoms with Gasteiger partial charge in [0.1, 0.15) is 11.6 Å². The quantitative estimate of drug-likeness (QED) is 0.540. The minimum Gasteiger partial charge on any atom is -0.490 e. The maximum Gasteiger partial charge on any atom is 0.258 e. The molecule has 0 aliphatic carbocycles. The predicted octanol–water partition coefficient (Wildman–Crippen LogP) is 4.14. The molecule has 9 heteroatoms. The second kappa shape index (κ2) is 8.62. The molecule has 0 unspecified atom stereocenters. The molecular formula is C24H26FN3O4S. The van der Waals surface area contributed by atoms with Gasteiger partial charge in [-0.2, -0.15) is 5.10 Å². The molecule has 0 saturated carbocycles. The highest BCUT2D eigenvalue weighted by Gasteiger charge is 2.31. The molecule has 1 aliphatic rings. The van der Waals surface area contributed by atoms with Crippen LogP contribution in [0.2, 0.25) is 0 Å². The zero-order valence-electron chi connectivity index (χ0n) is 18.9. The number of ether oxygens (including phenoxy) is 1. The van der Waals surface area contributed by atoms with Crippen LogP contribution in [0.5, 0.6) is 5.75 Å². The molecule has 3 aromatic rings. The van der Waals surface area contributed by atoms with Crippen molar-refractivity contribution in [3.8, 4) is 11.4 Å². The first-order chi connectivity index (χ1) is 15.6. The Morgan fingerprint density at radius 2 is 1.76 bits per heavy atom. The number of rotatable bonds is 6. The molecule has 0 spiro atoms. The fraction of sp³-hybridized carbons (Fsp3) is 0.333. The van der Waals surface area contributed by atoms with Crippen molar-refractivity contribution in [2.75, 3.05) is 0 Å². The average molecular weight is 472 g/mol. The second-order valence-corrected chi connectivity index (χ2v) is 11.1. The third-order valence-electron chi connectivity index (χ3n) is 5.45. The summed E-state index contributed by atoms with van der Waals surface area (Å²) < 4.78 is 46.1. The van der Waals surface area contributed by atoms with Crippen molar-refractivity contribution in [3.63, 3.8) is 0 Å². The van der Waals surface area contributed by atoms with Gasteiger partial charge in [0.25, 0.3) is 5.91 Å². The van der Waals surface area contributed by atoms with Gasteiger partial charge in [0.2, 0.25) is 0 Å². The monoisotopic (exact) mass is 471 g/mol. The van der Waals surface area contributed by atoms with Gasteiger partial charge >= 0.3 is 0 Å². The Hall–Kier alpha value is -3.20. The van der Waals surface area contributed by atoms with E-state index < -0.39 is 15.1 Å². The molecule has 0 saturated heterocycles. The summed E-state index contributed by atoms with van der Waals surface area (Å²) in [5, 5.41) is 3.93. The highest BCUT2D eigenvalue weighted by atomic mass is 32.2. The zero-order chi connectivity index (χ0) is 23.9. The Morgan fingerprint density at radius 1 is 1.06 bits per heavy atom. The highest BCUT2D eigenvalue weighted by molar-refractivity contribution is 7.92. The first-order valence-corrected chi connectivity index (χ1v) is 12.3. The molecule has 0 N–H and O–H groups in total. The molecule has 7 nitrogen and oxygen atoms in total. The van der Waals surface area contributed by atoms with Crippen LogP contribution < -0.4 is 4.74 Å². The van der Waals surface area contributed by atoms with Crippen molar-refractivity contribution in [3.05, 3.63) is 71.3 Å². The number of aromatic nitrogens is 2. The third kappa shape index (κ3) is 4.50. The van der Waals surface area contributed by atoms with E-state index >= 15 is 0 Å². The minimum atomic E-state index is -3.55. The standard InChI is InChI=1S/C24H26FN3O4S/c1-15(2)32-23-10-9-20(33(30,31)16(3)4)11-21(23)24(29)27-12-17-13-28(26-22(17)14-27)19-7-5-18(25)6-8-19/h5-11,13,15-16H,12,14H2,1-4H3. The van der Waals surface area contributed by atoms with Gasteiger partial charge in [-0.1, -0.05) is 0 Å². The number of benzene rings is 2. The van der Waals surface area contributed by atoms with Crippen LogP contribution >= 0.6 is 0 Å². The maximum atomic E-state index is 13.4. The molecule has 0 radical (unpaired) electrons. The van der Waals surface area contributed by atoms with Gasteiger partial charge < -0.3 is 9.64 Å². The first-order valence-electron chi connectivity index (χ1n) is 10.7. The van der Waals surface area contributed by atoms with Crippen LogP contribution in [0.3, 0.4) is 0 Å². The van der Waals surface area contributed by atoms with Crippen LogP contribution in [0.15, 0.2) is 53.6 Å². The van der Waals surface area contributed by atoms with Crippen LogP contribution in [0.25, 0.3) is 5.69 Å². The van der Waals surface area contributed by atoms with Crippen LogP contribution in [0.4, 0.5) is 4.39 Å². The van der Waals surface area contributed by atoms with E-state index in [-0.39, 0.29) is 34.8 Å². The van der Waals surface area contributed by atoms with E-state index in [1.54, 1.807) is 41.6 Å². The Labute approximate surface area is 192 Å². The van der Waals surface area contributed by atoms with Crippen molar-refractivity contribution >= 4 is 15.7 Å². The number of hydrogen-bond acceptors (Lipinski definition) is 5. The molecule has 1 aliphatic heterocycles. The van der Waals surface area contributed by atoms with Crippen LogP contribution in [-0.2, 0) is 22.9 Å². The number of hydrogen-bond donors (Lipinski definition) is 0. The van der Waals surface area contributed by atoms with Crippen LogP contribution in [0.1, 0.15) is 49.3 Å². The molecule has 0 fully saturated rings. The van der Waals surface area contributed by atoms with Gasteiger partial charge in [-0.15, -0.1) is 0 Å². The lowest BCUT2D eigenvalue weighted by atomic mass is 10.1. The van der Waals surface area contributed by atoms with Gasteiger partial charge in [0.15, 0.2) is 9.84 Å². The van der Waals surface area contributed by atoms with Crippen molar-refractivity contribution < 1.29 is 22.3 Å². The summed E-state index contributed by atoms with van der Waals surface area (Å²) in [4.78, 5) is 15.1. The first kappa shape index (κ1) is 23.0. The van der Waals surface area contributed by atoms with Crippen LogP contribution in [-0.4, -0.2) is 40.4 Å². The van der Waals surface area contributed by atoms with Gasteiger partial charge in [-0.05, 0) is 70.2 Å². The molecule has 2 aromatic carbocycles. The molecule has 4 rings (SSSR count). The van der Waals surface area contributed by atoms with Crippen molar-refractivity contribution in [1.29, 1.82) is 0 Å². The summed E-state index contributed by atoms with van der Waals surface area (Å²) >= 11 is 0. The average Bonchev–Trinajstić information content (AvgIpc) is 3.33. The number of halogens is 1. The van der Waals surface area contributed by atoms with Gasteiger partial charge in [0.05, 0.1) is 39.7 Å². The highest BCUT2D eigenvalue weighted by Crippen LogP contribution is 2.30. The fourth-order valence-corrected chi connectivity index (χ4v) is 4.76. The number of sulfone groups is 1. The molecular weight excluding hydrogens is 445 g/mol. The Balaban J connectivity index is 1.62. The number of carbonyl (C=O) groups excluding carboxylic acids is 1. The molecule has 33 heavy (non-hydrogen) atoms. The van der Waals surface area contributed by atoms with Crippen LogP contribution in [0, 0.1) is 5.82 Å². The Morgan fingerprint density at radius 3 is 2.36 bits per heavy atom. The molecule has 0 bridgehead atoms. The number of fused-ring (bicyclic) bond motifs is 1. The van der Waals surface area contributed by atoms with Crippen molar-refractivity contribution in [2.24, 2.45) is 0 Å². The van der Waals surface area contributed by atoms with E-state index in [9.17, 15) is 17.6 Å². The summed E-state index contributed by atoms with van der Waals surface area (Å²) in [5.74, 6) is -0.298. The van der Waals surface area contributed by atoms with Crippen molar-refractivity contribution in [2.45, 2.75) is 57.0 Å². The fourth-order valence-electron chi connectivity index (χ4n) is 3.67. The summed E-state index contributed by atoms with van der Waals surface area (Å²) in [7, 11) is -3.55. The van der Waals surface area contributed by atoms with Crippen molar-refractivity contribution in [1.82, 2.24) is 14.7 Å². The normalized spacial score (nSPS) is 13.6. The second-order valence-electron chi connectivity index (χ2n) is 8.60. The van der Waals surface area contributed by atoms with Gasteiger partial charge in [0, 0.05) is 18.3 Å². The summed E-state index contributed by atoms with van der Waals surface area (Å²) in [5.41, 5.74) is 2.56. The topological polar surface area (TPSA) is 81.5 Å². The smallest absolute Gasteiger partial charge is 0.258 e. The van der Waals surface area contributed by atoms with Gasteiger partial charge in [-0.3, -0.25) is 4.79 Å². The summed E-state index contributed by atoms with van der Waals surface area (Å²) in [6.45, 7) is 7.51. The molecule has 0 atom stereocenters. The molecule has 1 aromatic heterocycles. The predicted molar refractivity (Wildman–Crippen MR) is 122 cm³/mol. The number of amides is 1. The maximum absolute atomic E-state index is 13.4. The zero-order valence-corrected chi connectivity index (χ0v) is 19.8. The largest absolute Gasteiger partial charge is 0.490 e. The Bertz CT molecular complexity index is 1270. The summed E-state index contributed by atoms with van der Waals surface area (Å²) in [6, 6.07) is 10.4. The lowest BCUT2D eigenvalue weighted by Crippen LogP contribution is -2.27. The van der Waals surface area contributed by atoms with E-state index in [2.05, 4.69) is 5.10 Å². The van der Waals surface area contributed by atoms with Gasteiger partial charge in [-0.25, -0.2) is 17.5 Å². The van der Waals surface area contributed by atoms with E-state index in [1.807, 2.05) is 20.0 Å². The molecule has 1 amide bonds. The SMILES string of the molecule is CC(C)Oc1ccc(S(=O)(=O)C(C)C)cc1C(=O)N1Cc2cn(-c3ccc(F)cc3)nc2C1. The minimum absolute atomic E-state index is 0.0930. The lowest BCUT2D eigenvalue weighted by molar-refractivity contribution is 0.0742. The lowest BCUT2D eigenvalue weighted by Gasteiger charge is -2.20. The number of nitrogens with zero attached hydrogens (tertiary/aromatic N) is 3. The van der Waals surface area contributed by atoms with E-state index in [4.69, 9.17) is 4.74 Å². The van der Waals surface area contributed by atoms with E-state index in [0.717, 1.165) is 16.9 Å².